The summed E-state index contributed by atoms with van der Waals surface area (Å²) in [6.07, 6.45) is 0.655. The van der Waals surface area contributed by atoms with Gasteiger partial charge in [-0.05, 0) is 42.7 Å². The molecule has 0 aliphatic heterocycles. The second-order valence-corrected chi connectivity index (χ2v) is 7.54. The number of anilines is 1. The number of amides is 1. The molecule has 0 fully saturated rings. The number of hydrogen-bond donors (Lipinski definition) is 1. The number of nitrogens with zero attached hydrogens (tertiary/aromatic N) is 2. The normalized spacial score (nSPS) is 10.6. The summed E-state index contributed by atoms with van der Waals surface area (Å²) in [6, 6.07) is 26.0. The largest absolute Gasteiger partial charge is 0.320 e. The zero-order chi connectivity index (χ0) is 21.8. The standard InChI is InChI=1S/C25H20ClN3O2/c1-17-15-23(30)24(28-29(17)22-14-8-6-12-20(22)26)25(31)27-21-13-7-5-11-19(21)16-18-9-3-2-4-10-18/h2-15H,16H2,1H3,(H,27,31). The van der Waals surface area contributed by atoms with Gasteiger partial charge in [0.1, 0.15) is 0 Å². The summed E-state index contributed by atoms with van der Waals surface area (Å²) >= 11 is 6.29. The van der Waals surface area contributed by atoms with Gasteiger partial charge < -0.3 is 5.32 Å². The fraction of sp³-hybridized carbons (Fsp3) is 0.0800. The molecular formula is C25H20ClN3O2. The van der Waals surface area contributed by atoms with E-state index < -0.39 is 11.3 Å². The molecule has 1 amide bonds. The van der Waals surface area contributed by atoms with Gasteiger partial charge in [0.25, 0.3) is 5.91 Å². The van der Waals surface area contributed by atoms with Crippen molar-refractivity contribution in [2.75, 3.05) is 5.32 Å². The van der Waals surface area contributed by atoms with Crippen molar-refractivity contribution in [2.24, 2.45) is 0 Å². The fourth-order valence-corrected chi connectivity index (χ4v) is 3.58. The lowest BCUT2D eigenvalue weighted by atomic mass is 10.0. The Morgan fingerprint density at radius 2 is 1.65 bits per heavy atom. The van der Waals surface area contributed by atoms with E-state index in [1.54, 1.807) is 25.1 Å². The summed E-state index contributed by atoms with van der Waals surface area (Å²) in [4.78, 5) is 25.5. The van der Waals surface area contributed by atoms with Crippen molar-refractivity contribution in [2.45, 2.75) is 13.3 Å². The van der Waals surface area contributed by atoms with E-state index in [1.807, 2.05) is 60.7 Å². The third-order valence-corrected chi connectivity index (χ3v) is 5.23. The van der Waals surface area contributed by atoms with Crippen LogP contribution in [0.2, 0.25) is 5.02 Å². The Bertz CT molecular complexity index is 1300. The fourth-order valence-electron chi connectivity index (χ4n) is 3.37. The Kier molecular flexibility index (Phi) is 5.96. The molecule has 0 unspecified atom stereocenters. The number of aromatic nitrogens is 2. The van der Waals surface area contributed by atoms with E-state index in [0.29, 0.717) is 28.5 Å². The summed E-state index contributed by atoms with van der Waals surface area (Å²) < 4.78 is 1.51. The first-order valence-electron chi connectivity index (χ1n) is 9.82. The topological polar surface area (TPSA) is 64.0 Å². The molecular weight excluding hydrogens is 410 g/mol. The zero-order valence-electron chi connectivity index (χ0n) is 16.9. The molecule has 31 heavy (non-hydrogen) atoms. The van der Waals surface area contributed by atoms with Crippen LogP contribution in [0.15, 0.2) is 89.7 Å². The lowest BCUT2D eigenvalue weighted by Crippen LogP contribution is -2.27. The Morgan fingerprint density at radius 3 is 2.42 bits per heavy atom. The minimum Gasteiger partial charge on any atom is -0.320 e. The van der Waals surface area contributed by atoms with Crippen LogP contribution in [-0.4, -0.2) is 15.7 Å². The highest BCUT2D eigenvalue weighted by atomic mass is 35.5. The number of aryl methyl sites for hydroxylation is 1. The molecule has 0 spiro atoms. The lowest BCUT2D eigenvalue weighted by Gasteiger charge is -2.14. The first-order valence-corrected chi connectivity index (χ1v) is 10.2. The quantitative estimate of drug-likeness (QED) is 0.483. The van der Waals surface area contributed by atoms with Gasteiger partial charge >= 0.3 is 0 Å². The molecule has 0 bridgehead atoms. The maximum atomic E-state index is 13.0. The van der Waals surface area contributed by atoms with E-state index in [2.05, 4.69) is 10.4 Å². The van der Waals surface area contributed by atoms with Gasteiger partial charge in [-0.25, -0.2) is 4.68 Å². The molecule has 154 valence electrons. The van der Waals surface area contributed by atoms with E-state index >= 15 is 0 Å². The predicted molar refractivity (Wildman–Crippen MR) is 123 cm³/mol. The number of hydrogen-bond acceptors (Lipinski definition) is 3. The van der Waals surface area contributed by atoms with Gasteiger partial charge in [0.2, 0.25) is 5.43 Å². The molecule has 3 aromatic carbocycles. The summed E-state index contributed by atoms with van der Waals surface area (Å²) in [5.41, 5.74) is 3.25. The first kappa shape index (κ1) is 20.6. The first-order chi connectivity index (χ1) is 15.0. The molecule has 0 aliphatic rings. The maximum absolute atomic E-state index is 13.0. The Morgan fingerprint density at radius 1 is 0.968 bits per heavy atom. The van der Waals surface area contributed by atoms with Gasteiger partial charge in [-0.1, -0.05) is 72.3 Å². The molecule has 6 heteroatoms. The summed E-state index contributed by atoms with van der Waals surface area (Å²) in [7, 11) is 0. The van der Waals surface area contributed by atoms with Crippen molar-refractivity contribution in [1.29, 1.82) is 0 Å². The highest BCUT2D eigenvalue weighted by molar-refractivity contribution is 6.32. The van der Waals surface area contributed by atoms with Crippen LogP contribution < -0.4 is 10.7 Å². The minimum absolute atomic E-state index is 0.194. The van der Waals surface area contributed by atoms with Gasteiger partial charge in [-0.15, -0.1) is 0 Å². The SMILES string of the molecule is Cc1cc(=O)c(C(=O)Nc2ccccc2Cc2ccccc2)nn1-c1ccccc1Cl. The van der Waals surface area contributed by atoms with Crippen molar-refractivity contribution in [3.63, 3.8) is 0 Å². The van der Waals surface area contributed by atoms with Gasteiger partial charge in [-0.2, -0.15) is 5.10 Å². The Balaban J connectivity index is 1.67. The van der Waals surface area contributed by atoms with Crippen LogP contribution in [0.3, 0.4) is 0 Å². The highest BCUT2D eigenvalue weighted by Gasteiger charge is 2.17. The number of halogens is 1. The number of rotatable bonds is 5. The van der Waals surface area contributed by atoms with Crippen molar-refractivity contribution >= 4 is 23.2 Å². The van der Waals surface area contributed by atoms with Crippen LogP contribution in [-0.2, 0) is 6.42 Å². The second-order valence-electron chi connectivity index (χ2n) is 7.14. The van der Waals surface area contributed by atoms with Crippen LogP contribution >= 0.6 is 11.6 Å². The van der Waals surface area contributed by atoms with Crippen molar-refractivity contribution < 1.29 is 4.79 Å². The molecule has 4 aromatic rings. The molecule has 1 heterocycles. The van der Waals surface area contributed by atoms with Crippen LogP contribution in [0.25, 0.3) is 5.69 Å². The van der Waals surface area contributed by atoms with Crippen molar-refractivity contribution in [3.8, 4) is 5.69 Å². The van der Waals surface area contributed by atoms with Crippen molar-refractivity contribution in [1.82, 2.24) is 9.78 Å². The number of nitrogens with one attached hydrogen (secondary N) is 1. The molecule has 0 aliphatic carbocycles. The molecule has 5 nitrogen and oxygen atoms in total. The number of benzene rings is 3. The van der Waals surface area contributed by atoms with Crippen LogP contribution in [0.4, 0.5) is 5.69 Å². The van der Waals surface area contributed by atoms with Gasteiger partial charge in [-0.3, -0.25) is 9.59 Å². The Hall–Kier alpha value is -3.70. The molecule has 0 saturated heterocycles. The highest BCUT2D eigenvalue weighted by Crippen LogP contribution is 2.21. The predicted octanol–water partition coefficient (Wildman–Crippen LogP) is 5.04. The van der Waals surface area contributed by atoms with E-state index in [9.17, 15) is 9.59 Å². The monoisotopic (exact) mass is 429 g/mol. The third-order valence-electron chi connectivity index (χ3n) is 4.91. The molecule has 1 aromatic heterocycles. The van der Waals surface area contributed by atoms with Crippen LogP contribution in [0.5, 0.6) is 0 Å². The minimum atomic E-state index is -0.564. The maximum Gasteiger partial charge on any atom is 0.280 e. The second kappa shape index (κ2) is 8.98. The van der Waals surface area contributed by atoms with E-state index in [0.717, 1.165) is 11.1 Å². The molecule has 0 saturated carbocycles. The third kappa shape index (κ3) is 4.57. The van der Waals surface area contributed by atoms with E-state index in [4.69, 9.17) is 11.6 Å². The smallest absolute Gasteiger partial charge is 0.280 e. The molecule has 4 rings (SSSR count). The van der Waals surface area contributed by atoms with Crippen LogP contribution in [0.1, 0.15) is 27.3 Å². The van der Waals surface area contributed by atoms with Gasteiger partial charge in [0.15, 0.2) is 5.69 Å². The van der Waals surface area contributed by atoms with Gasteiger partial charge in [0.05, 0.1) is 10.7 Å². The molecule has 0 atom stereocenters. The average molecular weight is 430 g/mol. The Labute approximate surface area is 184 Å². The molecule has 0 radical (unpaired) electrons. The zero-order valence-corrected chi connectivity index (χ0v) is 17.6. The van der Waals surface area contributed by atoms with Crippen molar-refractivity contribution in [3.05, 3.63) is 123 Å². The summed E-state index contributed by atoms with van der Waals surface area (Å²) in [5, 5.41) is 7.65. The van der Waals surface area contributed by atoms with E-state index in [1.165, 1.54) is 10.7 Å². The number of carbonyl (C=O) groups is 1. The van der Waals surface area contributed by atoms with Gasteiger partial charge in [0, 0.05) is 17.4 Å². The number of para-hydroxylation sites is 2. The number of carbonyl (C=O) groups excluding carboxylic acids is 1. The average Bonchev–Trinajstić information content (AvgIpc) is 2.76. The van der Waals surface area contributed by atoms with Crippen LogP contribution in [0, 0.1) is 6.92 Å². The lowest BCUT2D eigenvalue weighted by molar-refractivity contribution is 0.101. The summed E-state index contributed by atoms with van der Waals surface area (Å²) in [6.45, 7) is 1.74. The van der Waals surface area contributed by atoms with E-state index in [-0.39, 0.29) is 5.69 Å². The summed E-state index contributed by atoms with van der Waals surface area (Å²) in [5.74, 6) is -0.564. The molecule has 1 N–H and O–H groups in total.